The van der Waals surface area contributed by atoms with Crippen molar-refractivity contribution in [2.75, 3.05) is 45.2 Å². The van der Waals surface area contributed by atoms with Crippen LogP contribution >= 0.6 is 11.5 Å². The molecule has 1 heterocycles. The molecule has 0 aliphatic heterocycles. The first-order valence-corrected chi connectivity index (χ1v) is 10.8. The zero-order chi connectivity index (χ0) is 20.5. The molecule has 7 heteroatoms. The van der Waals surface area contributed by atoms with Gasteiger partial charge in [-0.2, -0.15) is 4.37 Å². The normalized spacial score (nSPS) is 11.2. The summed E-state index contributed by atoms with van der Waals surface area (Å²) in [6, 6.07) is 8.48. The lowest BCUT2D eigenvalue weighted by Gasteiger charge is -2.23. The molecule has 2 aromatic rings. The van der Waals surface area contributed by atoms with Gasteiger partial charge in [0.05, 0.1) is 27.2 Å². The minimum Gasteiger partial charge on any atom is -0.350 e. The second-order valence-corrected chi connectivity index (χ2v) is 8.78. The summed E-state index contributed by atoms with van der Waals surface area (Å²) in [5, 5.41) is 3.90. The molecule has 0 spiro atoms. The summed E-state index contributed by atoms with van der Waals surface area (Å²) < 4.78 is 4.54. The molecule has 2 rings (SSSR count). The Morgan fingerprint density at radius 3 is 2.61 bits per heavy atom. The van der Waals surface area contributed by atoms with Crippen LogP contribution in [0.25, 0.3) is 0 Å². The Morgan fingerprint density at radius 1 is 1.25 bits per heavy atom. The van der Waals surface area contributed by atoms with Gasteiger partial charge < -0.3 is 15.1 Å². The van der Waals surface area contributed by atoms with Gasteiger partial charge >= 0.3 is 0 Å². The number of nitrogens with zero attached hydrogens (tertiary/aromatic N) is 3. The smallest absolute Gasteiger partial charge is 0.221 e. The third kappa shape index (κ3) is 7.94. The molecule has 1 aromatic carbocycles. The van der Waals surface area contributed by atoms with Crippen LogP contribution < -0.4 is 15.1 Å². The predicted molar refractivity (Wildman–Crippen MR) is 116 cm³/mol. The van der Waals surface area contributed by atoms with Gasteiger partial charge in [-0.05, 0) is 18.4 Å². The largest absolute Gasteiger partial charge is 0.350 e. The number of aryl methyl sites for hydroxylation is 1. The van der Waals surface area contributed by atoms with Crippen LogP contribution in [-0.4, -0.2) is 55.5 Å². The van der Waals surface area contributed by atoms with E-state index < -0.39 is 0 Å². The Morgan fingerprint density at radius 2 is 1.96 bits per heavy atom. The Bertz CT molecular complexity index is 727. The van der Waals surface area contributed by atoms with Crippen LogP contribution in [0.15, 0.2) is 24.3 Å². The molecule has 2 N–H and O–H groups in total. The second-order valence-electron chi connectivity index (χ2n) is 8.05. The van der Waals surface area contributed by atoms with Crippen LogP contribution in [0.4, 0.5) is 5.13 Å². The van der Waals surface area contributed by atoms with Crippen LogP contribution in [0, 0.1) is 12.8 Å². The number of likely N-dealkylation sites (N-methyl/N-ethyl adjacent to an activating group) is 1. The summed E-state index contributed by atoms with van der Waals surface area (Å²) >= 11 is 1.43. The van der Waals surface area contributed by atoms with Crippen molar-refractivity contribution in [2.24, 2.45) is 5.92 Å². The molecule has 0 saturated carbocycles. The van der Waals surface area contributed by atoms with Crippen molar-refractivity contribution in [2.45, 2.75) is 33.6 Å². The second kappa shape index (κ2) is 11.1. The third-order valence-electron chi connectivity index (χ3n) is 4.35. The fourth-order valence-corrected chi connectivity index (χ4v) is 3.54. The molecule has 0 aliphatic carbocycles. The van der Waals surface area contributed by atoms with Crippen LogP contribution in [0.5, 0.6) is 0 Å². The Hall–Kier alpha value is -1.99. The van der Waals surface area contributed by atoms with E-state index >= 15 is 0 Å². The molecule has 0 bridgehead atoms. The lowest BCUT2D eigenvalue weighted by Crippen LogP contribution is -3.06. The number of amides is 1. The number of hydrogen-bond donors (Lipinski definition) is 2. The first-order chi connectivity index (χ1) is 13.3. The standard InChI is InChI=1S/C21H33N5OS/c1-16(2)15-26(12-10-20(27)22-11-13-25(4)5)21-23-19(24-28-21)14-18-8-6-17(3)7-9-18/h6-9,16H,10-15H2,1-5H3,(H,22,27)/p+1. The van der Waals surface area contributed by atoms with Crippen molar-refractivity contribution in [1.29, 1.82) is 0 Å². The first kappa shape index (κ1) is 22.3. The predicted octanol–water partition coefficient (Wildman–Crippen LogP) is 1.55. The van der Waals surface area contributed by atoms with Gasteiger partial charge in [-0.1, -0.05) is 43.7 Å². The molecular formula is C21H34N5OS+. The highest BCUT2D eigenvalue weighted by Gasteiger charge is 2.16. The van der Waals surface area contributed by atoms with E-state index in [4.69, 9.17) is 4.98 Å². The summed E-state index contributed by atoms with van der Waals surface area (Å²) in [7, 11) is 4.17. The van der Waals surface area contributed by atoms with Gasteiger partial charge in [0.15, 0.2) is 0 Å². The molecule has 28 heavy (non-hydrogen) atoms. The van der Waals surface area contributed by atoms with Crippen molar-refractivity contribution >= 4 is 22.6 Å². The monoisotopic (exact) mass is 404 g/mol. The number of rotatable bonds is 11. The van der Waals surface area contributed by atoms with Gasteiger partial charge in [0.25, 0.3) is 0 Å². The molecule has 0 radical (unpaired) electrons. The Labute approximate surface area is 173 Å². The lowest BCUT2D eigenvalue weighted by molar-refractivity contribution is -0.856. The van der Waals surface area contributed by atoms with E-state index in [1.54, 1.807) is 0 Å². The average Bonchev–Trinajstić information content (AvgIpc) is 3.08. The van der Waals surface area contributed by atoms with Gasteiger partial charge in [0.1, 0.15) is 5.82 Å². The molecule has 154 valence electrons. The lowest BCUT2D eigenvalue weighted by atomic mass is 10.1. The molecule has 0 saturated heterocycles. The summed E-state index contributed by atoms with van der Waals surface area (Å²) in [4.78, 5) is 20.4. The Kier molecular flexibility index (Phi) is 8.86. The van der Waals surface area contributed by atoms with Crippen molar-refractivity contribution < 1.29 is 9.69 Å². The SMILES string of the molecule is Cc1ccc(Cc2nsc(N(CCC(=O)NCC[NH+](C)C)CC(C)C)n2)cc1. The number of carbonyl (C=O) groups is 1. The number of carbonyl (C=O) groups excluding carboxylic acids is 1. The van der Waals surface area contributed by atoms with Gasteiger partial charge in [0.2, 0.25) is 11.0 Å². The van der Waals surface area contributed by atoms with E-state index in [1.165, 1.54) is 27.6 Å². The van der Waals surface area contributed by atoms with E-state index in [-0.39, 0.29) is 5.91 Å². The maximum Gasteiger partial charge on any atom is 0.221 e. The van der Waals surface area contributed by atoms with Crippen molar-refractivity contribution in [3.8, 4) is 0 Å². The maximum atomic E-state index is 12.1. The quantitative estimate of drug-likeness (QED) is 0.597. The number of hydrogen-bond acceptors (Lipinski definition) is 5. The molecule has 1 aromatic heterocycles. The zero-order valence-electron chi connectivity index (χ0n) is 17.8. The van der Waals surface area contributed by atoms with E-state index in [0.29, 0.717) is 25.4 Å². The van der Waals surface area contributed by atoms with Gasteiger partial charge in [-0.25, -0.2) is 4.98 Å². The van der Waals surface area contributed by atoms with E-state index in [9.17, 15) is 4.79 Å². The average molecular weight is 405 g/mol. The highest BCUT2D eigenvalue weighted by Crippen LogP contribution is 2.20. The topological polar surface area (TPSA) is 62.6 Å². The van der Waals surface area contributed by atoms with Crippen molar-refractivity contribution in [3.63, 3.8) is 0 Å². The summed E-state index contributed by atoms with van der Waals surface area (Å²) in [6.45, 7) is 9.63. The van der Waals surface area contributed by atoms with Crippen LogP contribution in [-0.2, 0) is 11.2 Å². The number of anilines is 1. The van der Waals surface area contributed by atoms with Gasteiger partial charge in [0, 0.05) is 37.5 Å². The molecular weight excluding hydrogens is 370 g/mol. The fraction of sp³-hybridized carbons (Fsp3) is 0.571. The number of aromatic nitrogens is 2. The summed E-state index contributed by atoms with van der Waals surface area (Å²) in [6.07, 6.45) is 1.21. The third-order valence-corrected chi connectivity index (χ3v) is 5.17. The molecule has 0 atom stereocenters. The summed E-state index contributed by atoms with van der Waals surface area (Å²) in [5.41, 5.74) is 2.47. The first-order valence-electron chi connectivity index (χ1n) is 10.0. The molecule has 0 aliphatic rings. The van der Waals surface area contributed by atoms with E-state index in [1.807, 2.05) is 0 Å². The van der Waals surface area contributed by atoms with E-state index in [2.05, 4.69) is 73.7 Å². The van der Waals surface area contributed by atoms with Gasteiger partial charge in [-0.3, -0.25) is 4.79 Å². The number of nitrogens with one attached hydrogen (secondary N) is 2. The highest BCUT2D eigenvalue weighted by molar-refractivity contribution is 7.09. The minimum atomic E-state index is 0.0967. The number of quaternary nitrogens is 1. The van der Waals surface area contributed by atoms with Crippen LogP contribution in [0.1, 0.15) is 37.2 Å². The summed E-state index contributed by atoms with van der Waals surface area (Å²) in [5.74, 6) is 1.43. The Balaban J connectivity index is 1.94. The zero-order valence-corrected chi connectivity index (χ0v) is 18.6. The van der Waals surface area contributed by atoms with Crippen LogP contribution in [0.3, 0.4) is 0 Å². The van der Waals surface area contributed by atoms with E-state index in [0.717, 1.165) is 30.5 Å². The highest BCUT2D eigenvalue weighted by atomic mass is 32.1. The van der Waals surface area contributed by atoms with Gasteiger partial charge in [-0.15, -0.1) is 0 Å². The van der Waals surface area contributed by atoms with Crippen LogP contribution in [0.2, 0.25) is 0 Å². The fourth-order valence-electron chi connectivity index (χ4n) is 2.82. The minimum absolute atomic E-state index is 0.0967. The molecule has 1 amide bonds. The maximum absolute atomic E-state index is 12.1. The molecule has 0 fully saturated rings. The molecule has 0 unspecified atom stereocenters. The number of benzene rings is 1. The van der Waals surface area contributed by atoms with Crippen molar-refractivity contribution in [1.82, 2.24) is 14.7 Å². The molecule has 6 nitrogen and oxygen atoms in total. The van der Waals surface area contributed by atoms with Crippen molar-refractivity contribution in [3.05, 3.63) is 41.2 Å².